The first kappa shape index (κ1) is 19.3. The van der Waals surface area contributed by atoms with E-state index in [1.54, 1.807) is 13.2 Å². The molecule has 0 spiro atoms. The van der Waals surface area contributed by atoms with Crippen LogP contribution < -0.4 is 4.74 Å². The first-order valence-corrected chi connectivity index (χ1v) is 9.64. The normalized spacial score (nSPS) is 16.5. The number of halogens is 2. The van der Waals surface area contributed by atoms with Gasteiger partial charge in [-0.1, -0.05) is 12.1 Å². The number of hydrogen-bond acceptors (Lipinski definition) is 4. The minimum absolute atomic E-state index is 0.261. The van der Waals surface area contributed by atoms with Gasteiger partial charge in [-0.3, -0.25) is 4.90 Å². The molecule has 1 aromatic carbocycles. The fourth-order valence-electron chi connectivity index (χ4n) is 3.09. The number of hydrogen-bond donors (Lipinski definition) is 1. The Balaban J connectivity index is 1.82. The van der Waals surface area contributed by atoms with Crippen LogP contribution in [0.4, 0.5) is 4.39 Å². The van der Waals surface area contributed by atoms with Crippen LogP contribution in [-0.4, -0.2) is 34.7 Å². The highest BCUT2D eigenvalue weighted by atomic mass is 79.9. The second-order valence-corrected chi connectivity index (χ2v) is 7.67. The highest BCUT2D eigenvalue weighted by Crippen LogP contribution is 2.34. The molecule has 2 atom stereocenters. The SMILES string of the molecule is COc1ccc(CN(CC(O)C2CC2)C(C)c2nc(Br)ccc2F)cc1. The Labute approximate surface area is 162 Å². The summed E-state index contributed by atoms with van der Waals surface area (Å²) in [7, 11) is 1.64. The zero-order valence-corrected chi connectivity index (χ0v) is 16.6. The summed E-state index contributed by atoms with van der Waals surface area (Å²) in [5.74, 6) is 0.827. The van der Waals surface area contributed by atoms with Crippen LogP contribution in [0.1, 0.15) is 37.1 Å². The highest BCUT2D eigenvalue weighted by molar-refractivity contribution is 9.10. The Morgan fingerprint density at radius 1 is 1.27 bits per heavy atom. The van der Waals surface area contributed by atoms with Crippen molar-refractivity contribution in [1.29, 1.82) is 0 Å². The molecule has 1 saturated carbocycles. The van der Waals surface area contributed by atoms with Crippen molar-refractivity contribution >= 4 is 15.9 Å². The van der Waals surface area contributed by atoms with Crippen LogP contribution >= 0.6 is 15.9 Å². The van der Waals surface area contributed by atoms with Crippen molar-refractivity contribution in [2.75, 3.05) is 13.7 Å². The van der Waals surface area contributed by atoms with Crippen molar-refractivity contribution in [1.82, 2.24) is 9.88 Å². The number of aliphatic hydroxyl groups excluding tert-OH is 1. The van der Waals surface area contributed by atoms with E-state index in [-0.39, 0.29) is 11.9 Å². The molecule has 1 aliphatic carbocycles. The molecule has 1 fully saturated rings. The highest BCUT2D eigenvalue weighted by Gasteiger charge is 2.32. The molecule has 0 amide bonds. The van der Waals surface area contributed by atoms with Gasteiger partial charge in [-0.25, -0.2) is 9.37 Å². The fraction of sp³-hybridized carbons (Fsp3) is 0.450. The number of benzene rings is 1. The second kappa shape index (κ2) is 8.46. The zero-order chi connectivity index (χ0) is 18.7. The van der Waals surface area contributed by atoms with E-state index in [4.69, 9.17) is 4.74 Å². The molecular weight excluding hydrogens is 399 g/mol. The van der Waals surface area contributed by atoms with Crippen LogP contribution in [0.3, 0.4) is 0 Å². The number of aliphatic hydroxyl groups is 1. The first-order valence-electron chi connectivity index (χ1n) is 8.85. The third-order valence-corrected chi connectivity index (χ3v) is 5.36. The lowest BCUT2D eigenvalue weighted by Crippen LogP contribution is -2.36. The van der Waals surface area contributed by atoms with E-state index in [9.17, 15) is 9.50 Å². The number of pyridine rings is 1. The van der Waals surface area contributed by atoms with Crippen LogP contribution in [0.5, 0.6) is 5.75 Å². The maximum absolute atomic E-state index is 14.3. The van der Waals surface area contributed by atoms with Crippen molar-refractivity contribution in [2.45, 2.75) is 38.5 Å². The van der Waals surface area contributed by atoms with Gasteiger partial charge in [0.25, 0.3) is 0 Å². The van der Waals surface area contributed by atoms with Crippen molar-refractivity contribution in [3.8, 4) is 5.75 Å². The van der Waals surface area contributed by atoms with E-state index < -0.39 is 6.10 Å². The molecule has 2 aromatic rings. The summed E-state index contributed by atoms with van der Waals surface area (Å²) < 4.78 is 20.1. The molecule has 4 nitrogen and oxygen atoms in total. The summed E-state index contributed by atoms with van der Waals surface area (Å²) in [5.41, 5.74) is 1.46. The quantitative estimate of drug-likeness (QED) is 0.643. The van der Waals surface area contributed by atoms with Crippen molar-refractivity contribution in [2.24, 2.45) is 5.92 Å². The summed E-state index contributed by atoms with van der Waals surface area (Å²) in [6.07, 6.45) is 1.73. The van der Waals surface area contributed by atoms with E-state index in [0.29, 0.717) is 29.3 Å². The molecule has 1 heterocycles. The average molecular weight is 423 g/mol. The monoisotopic (exact) mass is 422 g/mol. The molecule has 6 heteroatoms. The molecule has 3 rings (SSSR count). The number of aromatic nitrogens is 1. The third-order valence-electron chi connectivity index (χ3n) is 4.92. The summed E-state index contributed by atoms with van der Waals surface area (Å²) in [5, 5.41) is 10.5. The lowest BCUT2D eigenvalue weighted by atomic mass is 10.1. The molecule has 1 aliphatic rings. The lowest BCUT2D eigenvalue weighted by molar-refractivity contribution is 0.0697. The van der Waals surface area contributed by atoms with E-state index in [1.807, 2.05) is 31.2 Å². The number of nitrogens with zero attached hydrogens (tertiary/aromatic N) is 2. The van der Waals surface area contributed by atoms with Crippen LogP contribution in [0.25, 0.3) is 0 Å². The van der Waals surface area contributed by atoms with Gasteiger partial charge < -0.3 is 9.84 Å². The largest absolute Gasteiger partial charge is 0.497 e. The minimum atomic E-state index is -0.397. The van der Waals surface area contributed by atoms with Crippen molar-refractivity contribution < 1.29 is 14.2 Å². The molecule has 0 saturated heterocycles. The molecule has 0 radical (unpaired) electrons. The Morgan fingerprint density at radius 2 is 1.96 bits per heavy atom. The molecule has 2 unspecified atom stereocenters. The average Bonchev–Trinajstić information content (AvgIpc) is 3.48. The number of methoxy groups -OCH3 is 1. The van der Waals surface area contributed by atoms with Crippen molar-refractivity contribution in [3.05, 3.63) is 58.1 Å². The fourth-order valence-corrected chi connectivity index (χ4v) is 3.42. The van der Waals surface area contributed by atoms with E-state index >= 15 is 0 Å². The van der Waals surface area contributed by atoms with E-state index in [0.717, 1.165) is 24.2 Å². The first-order chi connectivity index (χ1) is 12.5. The minimum Gasteiger partial charge on any atom is -0.497 e. The van der Waals surface area contributed by atoms with E-state index in [1.165, 1.54) is 6.07 Å². The third kappa shape index (κ3) is 4.81. The Bertz CT molecular complexity index is 737. The lowest BCUT2D eigenvalue weighted by Gasteiger charge is -2.31. The van der Waals surface area contributed by atoms with Crippen LogP contribution in [0.2, 0.25) is 0 Å². The van der Waals surface area contributed by atoms with Gasteiger partial charge in [0.15, 0.2) is 0 Å². The standard InChI is InChI=1S/C20H24BrFN2O2/c1-13(20-17(22)9-10-19(21)23-20)24(12-18(25)15-5-6-15)11-14-3-7-16(26-2)8-4-14/h3-4,7-10,13,15,18,25H,5-6,11-12H2,1-2H3. The Kier molecular flexibility index (Phi) is 6.27. The summed E-state index contributed by atoms with van der Waals surface area (Å²) >= 11 is 3.32. The van der Waals surface area contributed by atoms with Gasteiger partial charge >= 0.3 is 0 Å². The van der Waals surface area contributed by atoms with Gasteiger partial charge in [-0.2, -0.15) is 0 Å². The van der Waals surface area contributed by atoms with Gasteiger partial charge in [0, 0.05) is 13.1 Å². The molecule has 0 aliphatic heterocycles. The molecule has 0 bridgehead atoms. The maximum atomic E-state index is 14.3. The predicted molar refractivity (Wildman–Crippen MR) is 102 cm³/mol. The van der Waals surface area contributed by atoms with Gasteiger partial charge in [-0.15, -0.1) is 0 Å². The van der Waals surface area contributed by atoms with Crippen molar-refractivity contribution in [3.63, 3.8) is 0 Å². The van der Waals surface area contributed by atoms with E-state index in [2.05, 4.69) is 25.8 Å². The summed E-state index contributed by atoms with van der Waals surface area (Å²) in [4.78, 5) is 6.41. The molecule has 1 N–H and O–H groups in total. The number of rotatable bonds is 8. The molecule has 1 aromatic heterocycles. The predicted octanol–water partition coefficient (Wildman–Crippen LogP) is 4.33. The Morgan fingerprint density at radius 3 is 2.58 bits per heavy atom. The van der Waals surface area contributed by atoms with Gasteiger partial charge in [-0.05, 0) is 71.4 Å². The Hall–Kier alpha value is -1.50. The van der Waals surface area contributed by atoms with Gasteiger partial charge in [0.1, 0.15) is 16.2 Å². The van der Waals surface area contributed by atoms with Gasteiger partial charge in [0.2, 0.25) is 0 Å². The summed E-state index contributed by atoms with van der Waals surface area (Å²) in [6, 6.07) is 10.6. The van der Waals surface area contributed by atoms with Gasteiger partial charge in [0.05, 0.1) is 24.9 Å². The molecular formula is C20H24BrFN2O2. The topological polar surface area (TPSA) is 45.6 Å². The summed E-state index contributed by atoms with van der Waals surface area (Å²) in [6.45, 7) is 3.02. The molecule has 26 heavy (non-hydrogen) atoms. The maximum Gasteiger partial charge on any atom is 0.146 e. The smallest absolute Gasteiger partial charge is 0.146 e. The van der Waals surface area contributed by atoms with Crippen LogP contribution in [0.15, 0.2) is 41.0 Å². The number of ether oxygens (including phenoxy) is 1. The zero-order valence-electron chi connectivity index (χ0n) is 15.0. The molecule has 140 valence electrons. The van der Waals surface area contributed by atoms with Crippen LogP contribution in [-0.2, 0) is 6.54 Å². The second-order valence-electron chi connectivity index (χ2n) is 6.86. The van der Waals surface area contributed by atoms with Crippen LogP contribution in [0, 0.1) is 11.7 Å².